The zero-order chi connectivity index (χ0) is 11.2. The molecular formula is C11H17BrN4. The van der Waals surface area contributed by atoms with Crippen LogP contribution in [0.4, 0.5) is 5.95 Å². The number of piperidine rings is 1. The second kappa shape index (κ2) is 6.15. The van der Waals surface area contributed by atoms with Gasteiger partial charge in [-0.15, -0.1) is 0 Å². The molecule has 0 bridgehead atoms. The molecule has 1 atom stereocenters. The normalized spacial score (nSPS) is 20.7. The van der Waals surface area contributed by atoms with E-state index in [-0.39, 0.29) is 0 Å². The van der Waals surface area contributed by atoms with Gasteiger partial charge >= 0.3 is 0 Å². The minimum absolute atomic E-state index is 0.715. The third kappa shape index (κ3) is 3.72. The fourth-order valence-electron chi connectivity index (χ4n) is 1.96. The molecule has 2 heterocycles. The maximum absolute atomic E-state index is 4.18. The summed E-state index contributed by atoms with van der Waals surface area (Å²) in [6.07, 6.45) is 7.36. The maximum Gasteiger partial charge on any atom is 0.222 e. The molecule has 0 aromatic carbocycles. The van der Waals surface area contributed by atoms with Crippen LogP contribution in [0.1, 0.15) is 19.3 Å². The summed E-state index contributed by atoms with van der Waals surface area (Å²) >= 11 is 3.32. The molecule has 88 valence electrons. The monoisotopic (exact) mass is 284 g/mol. The van der Waals surface area contributed by atoms with E-state index in [2.05, 4.69) is 36.5 Å². The molecule has 0 saturated carbocycles. The van der Waals surface area contributed by atoms with Crippen molar-refractivity contribution < 1.29 is 0 Å². The lowest BCUT2D eigenvalue weighted by molar-refractivity contribution is 0.364. The molecule has 1 aliphatic rings. The van der Waals surface area contributed by atoms with Crippen molar-refractivity contribution in [3.8, 4) is 0 Å². The Morgan fingerprint density at radius 3 is 2.94 bits per heavy atom. The second-order valence-corrected chi connectivity index (χ2v) is 5.07. The first-order chi connectivity index (χ1) is 7.84. The summed E-state index contributed by atoms with van der Waals surface area (Å²) in [6.45, 7) is 3.29. The molecule has 4 nitrogen and oxygen atoms in total. The van der Waals surface area contributed by atoms with Gasteiger partial charge < -0.3 is 10.6 Å². The lowest BCUT2D eigenvalue weighted by Crippen LogP contribution is -2.30. The molecule has 1 aromatic heterocycles. The van der Waals surface area contributed by atoms with Gasteiger partial charge in [0.1, 0.15) is 0 Å². The summed E-state index contributed by atoms with van der Waals surface area (Å²) in [7, 11) is 0. The average Bonchev–Trinajstić information content (AvgIpc) is 2.33. The number of aromatic nitrogens is 2. The molecule has 1 unspecified atom stereocenters. The SMILES string of the molecule is Brc1cnc(NCCC2CCCNC2)nc1. The van der Waals surface area contributed by atoms with Crippen LogP contribution in [0.25, 0.3) is 0 Å². The molecule has 0 aliphatic carbocycles. The van der Waals surface area contributed by atoms with Gasteiger partial charge in [0.2, 0.25) is 5.95 Å². The van der Waals surface area contributed by atoms with Crippen molar-refractivity contribution in [3.05, 3.63) is 16.9 Å². The molecule has 0 radical (unpaired) electrons. The van der Waals surface area contributed by atoms with E-state index in [1.54, 1.807) is 12.4 Å². The second-order valence-electron chi connectivity index (χ2n) is 4.15. The van der Waals surface area contributed by atoms with Gasteiger partial charge in [-0.25, -0.2) is 9.97 Å². The predicted octanol–water partition coefficient (Wildman–Crippen LogP) is 2.04. The Bertz CT molecular complexity index is 308. The van der Waals surface area contributed by atoms with E-state index in [1.807, 2.05) is 0 Å². The fourth-order valence-corrected chi connectivity index (χ4v) is 2.17. The first-order valence-corrected chi connectivity index (χ1v) is 6.56. The first kappa shape index (κ1) is 11.8. The van der Waals surface area contributed by atoms with E-state index in [4.69, 9.17) is 0 Å². The number of hydrogen-bond donors (Lipinski definition) is 2. The fraction of sp³-hybridized carbons (Fsp3) is 0.636. The standard InChI is InChI=1S/C11H17BrN4/c12-10-7-15-11(16-8-10)14-5-3-9-2-1-4-13-6-9/h7-9,13H,1-6H2,(H,14,15,16). The van der Waals surface area contributed by atoms with Crippen molar-refractivity contribution in [3.63, 3.8) is 0 Å². The molecule has 2 N–H and O–H groups in total. The Balaban J connectivity index is 1.69. The van der Waals surface area contributed by atoms with Crippen molar-refractivity contribution in [2.75, 3.05) is 25.0 Å². The zero-order valence-electron chi connectivity index (χ0n) is 9.25. The summed E-state index contributed by atoms with van der Waals surface area (Å²) in [5.74, 6) is 1.52. The number of halogens is 1. The van der Waals surface area contributed by atoms with Crippen molar-refractivity contribution >= 4 is 21.9 Å². The van der Waals surface area contributed by atoms with E-state index < -0.39 is 0 Å². The quantitative estimate of drug-likeness (QED) is 0.889. The number of hydrogen-bond acceptors (Lipinski definition) is 4. The maximum atomic E-state index is 4.18. The van der Waals surface area contributed by atoms with Crippen LogP contribution in [-0.2, 0) is 0 Å². The summed E-state index contributed by atoms with van der Waals surface area (Å²) in [4.78, 5) is 8.35. The Hall–Kier alpha value is -0.680. The van der Waals surface area contributed by atoms with E-state index in [0.717, 1.165) is 23.5 Å². The van der Waals surface area contributed by atoms with Crippen molar-refractivity contribution in [1.82, 2.24) is 15.3 Å². The number of nitrogens with one attached hydrogen (secondary N) is 2. The highest BCUT2D eigenvalue weighted by Gasteiger charge is 2.12. The van der Waals surface area contributed by atoms with Crippen LogP contribution >= 0.6 is 15.9 Å². The first-order valence-electron chi connectivity index (χ1n) is 5.77. The van der Waals surface area contributed by atoms with Crippen LogP contribution in [0.3, 0.4) is 0 Å². The zero-order valence-corrected chi connectivity index (χ0v) is 10.8. The molecule has 0 amide bonds. The highest BCUT2D eigenvalue weighted by Crippen LogP contribution is 2.14. The number of rotatable bonds is 4. The van der Waals surface area contributed by atoms with E-state index in [0.29, 0.717) is 5.95 Å². The van der Waals surface area contributed by atoms with Crippen LogP contribution in [0.2, 0.25) is 0 Å². The van der Waals surface area contributed by atoms with Gasteiger partial charge in [-0.1, -0.05) is 0 Å². The van der Waals surface area contributed by atoms with E-state index in [1.165, 1.54) is 25.8 Å². The molecular weight excluding hydrogens is 268 g/mol. The van der Waals surface area contributed by atoms with Gasteiger partial charge in [-0.05, 0) is 54.2 Å². The molecule has 1 aliphatic heterocycles. The molecule has 2 rings (SSSR count). The molecule has 1 saturated heterocycles. The summed E-state index contributed by atoms with van der Waals surface area (Å²) in [5.41, 5.74) is 0. The van der Waals surface area contributed by atoms with Crippen LogP contribution in [0.15, 0.2) is 16.9 Å². The Morgan fingerprint density at radius 1 is 1.44 bits per heavy atom. The van der Waals surface area contributed by atoms with Gasteiger partial charge in [0.25, 0.3) is 0 Å². The Morgan fingerprint density at radius 2 is 2.25 bits per heavy atom. The van der Waals surface area contributed by atoms with Crippen molar-refractivity contribution in [1.29, 1.82) is 0 Å². The van der Waals surface area contributed by atoms with Crippen LogP contribution < -0.4 is 10.6 Å². The lowest BCUT2D eigenvalue weighted by Gasteiger charge is -2.22. The van der Waals surface area contributed by atoms with Gasteiger partial charge in [0, 0.05) is 18.9 Å². The Labute approximate surface area is 104 Å². The number of nitrogens with zero attached hydrogens (tertiary/aromatic N) is 2. The largest absolute Gasteiger partial charge is 0.354 e. The van der Waals surface area contributed by atoms with E-state index in [9.17, 15) is 0 Å². The predicted molar refractivity (Wildman–Crippen MR) is 68.4 cm³/mol. The Kier molecular flexibility index (Phi) is 4.54. The van der Waals surface area contributed by atoms with Gasteiger partial charge in [0.15, 0.2) is 0 Å². The molecule has 5 heteroatoms. The summed E-state index contributed by atoms with van der Waals surface area (Å²) < 4.78 is 0.912. The van der Waals surface area contributed by atoms with E-state index >= 15 is 0 Å². The van der Waals surface area contributed by atoms with Crippen LogP contribution in [0, 0.1) is 5.92 Å². The smallest absolute Gasteiger partial charge is 0.222 e. The van der Waals surface area contributed by atoms with Crippen LogP contribution in [0.5, 0.6) is 0 Å². The highest BCUT2D eigenvalue weighted by molar-refractivity contribution is 9.10. The molecule has 1 aromatic rings. The number of anilines is 1. The third-order valence-electron chi connectivity index (χ3n) is 2.85. The average molecular weight is 285 g/mol. The van der Waals surface area contributed by atoms with Crippen molar-refractivity contribution in [2.24, 2.45) is 5.92 Å². The van der Waals surface area contributed by atoms with Crippen LogP contribution in [-0.4, -0.2) is 29.6 Å². The minimum atomic E-state index is 0.715. The summed E-state index contributed by atoms with van der Waals surface area (Å²) in [5, 5.41) is 6.67. The third-order valence-corrected chi connectivity index (χ3v) is 3.26. The van der Waals surface area contributed by atoms with Gasteiger partial charge in [-0.3, -0.25) is 0 Å². The highest BCUT2D eigenvalue weighted by atomic mass is 79.9. The minimum Gasteiger partial charge on any atom is -0.354 e. The van der Waals surface area contributed by atoms with Gasteiger partial charge in [0.05, 0.1) is 4.47 Å². The molecule has 0 spiro atoms. The molecule has 1 fully saturated rings. The lowest BCUT2D eigenvalue weighted by atomic mass is 9.96. The van der Waals surface area contributed by atoms with Gasteiger partial charge in [-0.2, -0.15) is 0 Å². The van der Waals surface area contributed by atoms with Crippen molar-refractivity contribution in [2.45, 2.75) is 19.3 Å². The molecule has 16 heavy (non-hydrogen) atoms. The topological polar surface area (TPSA) is 49.8 Å². The summed E-state index contributed by atoms with van der Waals surface area (Å²) in [6, 6.07) is 0.